The molecule has 0 aromatic heterocycles. The lowest BCUT2D eigenvalue weighted by Gasteiger charge is -2.16. The van der Waals surface area contributed by atoms with Crippen LogP contribution in [0.3, 0.4) is 0 Å². The van der Waals surface area contributed by atoms with Gasteiger partial charge in [0.05, 0.1) is 0 Å². The van der Waals surface area contributed by atoms with Crippen LogP contribution in [0.4, 0.5) is 4.39 Å². The first-order valence-corrected chi connectivity index (χ1v) is 8.94. The zero-order chi connectivity index (χ0) is 15.5. The van der Waals surface area contributed by atoms with Crippen LogP contribution in [0.15, 0.2) is 24.3 Å². The summed E-state index contributed by atoms with van der Waals surface area (Å²) in [5.41, 5.74) is 1.04. The van der Waals surface area contributed by atoms with Gasteiger partial charge in [-0.1, -0.05) is 19.1 Å². The van der Waals surface area contributed by atoms with Gasteiger partial charge in [-0.3, -0.25) is 4.79 Å². The van der Waals surface area contributed by atoms with E-state index in [4.69, 9.17) is 0 Å². The SMILES string of the molecule is CCS(=O)(=O)CC(=O)N1CCC(Cc2ccc(F)cc2)C1. The van der Waals surface area contributed by atoms with E-state index in [1.54, 1.807) is 24.0 Å². The van der Waals surface area contributed by atoms with Crippen LogP contribution in [-0.4, -0.2) is 43.8 Å². The molecule has 4 nitrogen and oxygen atoms in total. The summed E-state index contributed by atoms with van der Waals surface area (Å²) in [5.74, 6) is -0.660. The molecule has 1 unspecified atom stereocenters. The second-order valence-electron chi connectivity index (χ2n) is 5.50. The van der Waals surface area contributed by atoms with Crippen LogP contribution in [0.25, 0.3) is 0 Å². The molecule has 1 aliphatic rings. The lowest BCUT2D eigenvalue weighted by molar-refractivity contribution is -0.127. The van der Waals surface area contributed by atoms with Crippen LogP contribution in [0, 0.1) is 11.7 Å². The van der Waals surface area contributed by atoms with E-state index in [9.17, 15) is 17.6 Å². The number of hydrogen-bond donors (Lipinski definition) is 0. The first kappa shape index (κ1) is 15.9. The first-order chi connectivity index (χ1) is 9.89. The molecule has 1 heterocycles. The Labute approximate surface area is 124 Å². The highest BCUT2D eigenvalue weighted by Crippen LogP contribution is 2.21. The molecule has 0 saturated carbocycles. The third kappa shape index (κ3) is 4.52. The van der Waals surface area contributed by atoms with Crippen molar-refractivity contribution in [3.05, 3.63) is 35.6 Å². The number of benzene rings is 1. The van der Waals surface area contributed by atoms with Crippen LogP contribution in [0.2, 0.25) is 0 Å². The maximum absolute atomic E-state index is 12.8. The maximum Gasteiger partial charge on any atom is 0.237 e. The quantitative estimate of drug-likeness (QED) is 0.830. The van der Waals surface area contributed by atoms with Crippen molar-refractivity contribution in [1.82, 2.24) is 4.90 Å². The highest BCUT2D eigenvalue weighted by atomic mass is 32.2. The Kier molecular flexibility index (Phi) is 4.98. The van der Waals surface area contributed by atoms with Gasteiger partial charge in [-0.15, -0.1) is 0 Å². The number of hydrogen-bond acceptors (Lipinski definition) is 3. The van der Waals surface area contributed by atoms with Crippen LogP contribution in [-0.2, 0) is 21.1 Å². The van der Waals surface area contributed by atoms with E-state index in [1.165, 1.54) is 12.1 Å². The minimum atomic E-state index is -3.27. The van der Waals surface area contributed by atoms with Crippen molar-refractivity contribution >= 4 is 15.7 Å². The summed E-state index contributed by atoms with van der Waals surface area (Å²) in [6, 6.07) is 6.37. The molecule has 0 radical (unpaired) electrons. The highest BCUT2D eigenvalue weighted by Gasteiger charge is 2.28. The van der Waals surface area contributed by atoms with Gasteiger partial charge in [0.1, 0.15) is 11.6 Å². The maximum atomic E-state index is 12.8. The molecule has 0 N–H and O–H groups in total. The molecule has 0 bridgehead atoms. The predicted molar refractivity (Wildman–Crippen MR) is 79.1 cm³/mol. The number of likely N-dealkylation sites (tertiary alicyclic amines) is 1. The summed E-state index contributed by atoms with van der Waals surface area (Å²) in [5, 5.41) is 0. The van der Waals surface area contributed by atoms with Crippen molar-refractivity contribution in [3.8, 4) is 0 Å². The normalized spacial score (nSPS) is 19.0. The van der Waals surface area contributed by atoms with Crippen molar-refractivity contribution < 1.29 is 17.6 Å². The molecule has 1 aromatic carbocycles. The average Bonchev–Trinajstić information content (AvgIpc) is 2.90. The first-order valence-electron chi connectivity index (χ1n) is 7.12. The van der Waals surface area contributed by atoms with Crippen LogP contribution in [0.5, 0.6) is 0 Å². The highest BCUT2D eigenvalue weighted by molar-refractivity contribution is 7.92. The van der Waals surface area contributed by atoms with Gasteiger partial charge >= 0.3 is 0 Å². The third-order valence-electron chi connectivity index (χ3n) is 3.86. The molecule has 1 aliphatic heterocycles. The van der Waals surface area contributed by atoms with Gasteiger partial charge in [0.25, 0.3) is 0 Å². The third-order valence-corrected chi connectivity index (χ3v) is 5.43. The van der Waals surface area contributed by atoms with Crippen LogP contribution >= 0.6 is 0 Å². The van der Waals surface area contributed by atoms with E-state index >= 15 is 0 Å². The molecule has 1 saturated heterocycles. The molecule has 2 rings (SSSR count). The fraction of sp³-hybridized carbons (Fsp3) is 0.533. The molecule has 6 heteroatoms. The monoisotopic (exact) mass is 313 g/mol. The fourth-order valence-electron chi connectivity index (χ4n) is 2.56. The summed E-state index contributed by atoms with van der Waals surface area (Å²) < 4.78 is 35.8. The van der Waals surface area contributed by atoms with Gasteiger partial charge in [-0.05, 0) is 36.5 Å². The Morgan fingerprint density at radius 1 is 1.33 bits per heavy atom. The average molecular weight is 313 g/mol. The second kappa shape index (κ2) is 6.56. The number of halogens is 1. The number of sulfone groups is 1. The zero-order valence-corrected chi connectivity index (χ0v) is 12.9. The molecule has 116 valence electrons. The number of carbonyl (C=O) groups excluding carboxylic acids is 1. The molecular weight excluding hydrogens is 293 g/mol. The lowest BCUT2D eigenvalue weighted by atomic mass is 9.99. The summed E-state index contributed by atoms with van der Waals surface area (Å²) in [7, 11) is -3.27. The Bertz CT molecular complexity index is 598. The largest absolute Gasteiger partial charge is 0.342 e. The molecule has 1 atom stereocenters. The molecule has 1 aromatic rings. The number of carbonyl (C=O) groups is 1. The molecule has 1 fully saturated rings. The van der Waals surface area contributed by atoms with Gasteiger partial charge in [0, 0.05) is 18.8 Å². The zero-order valence-electron chi connectivity index (χ0n) is 12.1. The number of nitrogens with zero attached hydrogens (tertiary/aromatic N) is 1. The molecule has 0 spiro atoms. The smallest absolute Gasteiger partial charge is 0.237 e. The van der Waals surface area contributed by atoms with Crippen molar-refractivity contribution in [2.75, 3.05) is 24.6 Å². The summed E-state index contributed by atoms with van der Waals surface area (Å²) >= 11 is 0. The van der Waals surface area contributed by atoms with Gasteiger partial charge in [-0.2, -0.15) is 0 Å². The van der Waals surface area contributed by atoms with E-state index in [2.05, 4.69) is 0 Å². The molecule has 0 aliphatic carbocycles. The Morgan fingerprint density at radius 3 is 2.62 bits per heavy atom. The van der Waals surface area contributed by atoms with E-state index in [0.29, 0.717) is 19.0 Å². The Hall–Kier alpha value is -1.43. The van der Waals surface area contributed by atoms with Gasteiger partial charge < -0.3 is 4.90 Å². The Morgan fingerprint density at radius 2 is 2.00 bits per heavy atom. The topological polar surface area (TPSA) is 54.5 Å². The van der Waals surface area contributed by atoms with E-state index in [0.717, 1.165) is 18.4 Å². The van der Waals surface area contributed by atoms with Crippen molar-refractivity contribution in [1.29, 1.82) is 0 Å². The van der Waals surface area contributed by atoms with Crippen LogP contribution < -0.4 is 0 Å². The Balaban J connectivity index is 1.88. The predicted octanol–water partition coefficient (Wildman–Crippen LogP) is 1.65. The minimum Gasteiger partial charge on any atom is -0.342 e. The summed E-state index contributed by atoms with van der Waals surface area (Å²) in [4.78, 5) is 13.6. The fourth-order valence-corrected chi connectivity index (χ4v) is 3.32. The number of amides is 1. The van der Waals surface area contributed by atoms with E-state index in [1.807, 2.05) is 0 Å². The standard InChI is InChI=1S/C15H20FNO3S/c1-2-21(19,20)11-15(18)17-8-7-13(10-17)9-12-3-5-14(16)6-4-12/h3-6,13H,2,7-11H2,1H3. The second-order valence-corrected chi connectivity index (χ2v) is 7.85. The number of rotatable bonds is 5. The summed E-state index contributed by atoms with van der Waals surface area (Å²) in [6.45, 7) is 2.73. The molecular formula is C15H20FNO3S. The van der Waals surface area contributed by atoms with Crippen molar-refractivity contribution in [3.63, 3.8) is 0 Å². The minimum absolute atomic E-state index is 0.00835. The summed E-state index contributed by atoms with van der Waals surface area (Å²) in [6.07, 6.45) is 1.64. The van der Waals surface area contributed by atoms with Gasteiger partial charge in [0.2, 0.25) is 5.91 Å². The van der Waals surface area contributed by atoms with E-state index in [-0.39, 0.29) is 17.5 Å². The van der Waals surface area contributed by atoms with E-state index < -0.39 is 15.6 Å². The van der Waals surface area contributed by atoms with Crippen molar-refractivity contribution in [2.24, 2.45) is 5.92 Å². The van der Waals surface area contributed by atoms with Gasteiger partial charge in [0.15, 0.2) is 9.84 Å². The molecule has 21 heavy (non-hydrogen) atoms. The van der Waals surface area contributed by atoms with Crippen molar-refractivity contribution in [2.45, 2.75) is 19.8 Å². The lowest BCUT2D eigenvalue weighted by Crippen LogP contribution is -2.34. The van der Waals surface area contributed by atoms with Crippen LogP contribution in [0.1, 0.15) is 18.9 Å². The van der Waals surface area contributed by atoms with Gasteiger partial charge in [-0.25, -0.2) is 12.8 Å². The molecule has 1 amide bonds.